The molecule has 2 aliphatic rings. The maximum absolute atomic E-state index is 12.4. The van der Waals surface area contributed by atoms with Crippen molar-refractivity contribution in [3.63, 3.8) is 0 Å². The zero-order valence-electron chi connectivity index (χ0n) is 14.9. The molecule has 0 spiro atoms. The Morgan fingerprint density at radius 1 is 0.963 bits per heavy atom. The first kappa shape index (κ1) is 17.6. The van der Waals surface area contributed by atoms with Crippen molar-refractivity contribution >= 4 is 34.6 Å². The summed E-state index contributed by atoms with van der Waals surface area (Å²) in [6, 6.07) is 13.2. The number of thiocarbonyl (C=S) groups is 1. The molecule has 4 rings (SSSR count). The number of nitrogens with one attached hydrogen (secondary N) is 2. The van der Waals surface area contributed by atoms with Gasteiger partial charge in [0.2, 0.25) is 0 Å². The van der Waals surface area contributed by atoms with Crippen molar-refractivity contribution in [2.45, 2.75) is 12.8 Å². The van der Waals surface area contributed by atoms with Crippen LogP contribution in [0.1, 0.15) is 23.2 Å². The summed E-state index contributed by atoms with van der Waals surface area (Å²) in [7, 11) is 0. The van der Waals surface area contributed by atoms with Crippen LogP contribution in [-0.2, 0) is 0 Å². The van der Waals surface area contributed by atoms with Gasteiger partial charge in [-0.1, -0.05) is 0 Å². The summed E-state index contributed by atoms with van der Waals surface area (Å²) in [4.78, 5) is 14.8. The Hall–Kier alpha value is -2.80. The van der Waals surface area contributed by atoms with E-state index in [-0.39, 0.29) is 11.0 Å². The van der Waals surface area contributed by atoms with Crippen LogP contribution in [0.4, 0.5) is 11.4 Å². The first-order valence-corrected chi connectivity index (χ1v) is 9.47. The molecule has 1 saturated heterocycles. The van der Waals surface area contributed by atoms with Gasteiger partial charge in [0, 0.05) is 30.0 Å². The zero-order chi connectivity index (χ0) is 18.6. The van der Waals surface area contributed by atoms with E-state index in [1.165, 1.54) is 18.5 Å². The van der Waals surface area contributed by atoms with Crippen molar-refractivity contribution in [2.24, 2.45) is 0 Å². The number of hydrogen-bond acceptors (Lipinski definition) is 5. The molecule has 0 saturated carbocycles. The number of carbonyl (C=O) groups is 1. The minimum absolute atomic E-state index is 0.254. The first-order valence-electron chi connectivity index (χ1n) is 9.06. The fourth-order valence-electron chi connectivity index (χ4n) is 3.25. The van der Waals surface area contributed by atoms with E-state index < -0.39 is 0 Å². The van der Waals surface area contributed by atoms with Gasteiger partial charge in [-0.25, -0.2) is 0 Å². The summed E-state index contributed by atoms with van der Waals surface area (Å²) in [6.07, 6.45) is 2.49. The molecule has 140 valence electrons. The summed E-state index contributed by atoms with van der Waals surface area (Å²) in [5.74, 6) is 0.931. The molecule has 2 heterocycles. The SMILES string of the molecule is O=C(NC(=S)Nc1ccc(N2CCCC2)cc1)c1ccc2c(c1)OCCO2. The van der Waals surface area contributed by atoms with E-state index in [2.05, 4.69) is 27.7 Å². The van der Waals surface area contributed by atoms with Gasteiger partial charge in [0.15, 0.2) is 16.6 Å². The van der Waals surface area contributed by atoms with E-state index in [1.54, 1.807) is 18.2 Å². The van der Waals surface area contributed by atoms with Crippen molar-refractivity contribution in [1.29, 1.82) is 0 Å². The van der Waals surface area contributed by atoms with Crippen molar-refractivity contribution in [1.82, 2.24) is 5.32 Å². The maximum atomic E-state index is 12.4. The monoisotopic (exact) mass is 383 g/mol. The Morgan fingerprint density at radius 3 is 2.41 bits per heavy atom. The Morgan fingerprint density at radius 2 is 1.67 bits per heavy atom. The molecule has 27 heavy (non-hydrogen) atoms. The van der Waals surface area contributed by atoms with Crippen LogP contribution in [-0.4, -0.2) is 37.3 Å². The van der Waals surface area contributed by atoms with E-state index in [0.717, 1.165) is 18.8 Å². The normalized spacial score (nSPS) is 15.3. The first-order chi connectivity index (χ1) is 13.2. The number of fused-ring (bicyclic) bond motifs is 1. The molecule has 2 aliphatic heterocycles. The lowest BCUT2D eigenvalue weighted by Crippen LogP contribution is -2.34. The second-order valence-corrected chi connectivity index (χ2v) is 6.92. The molecule has 0 aliphatic carbocycles. The van der Waals surface area contributed by atoms with Gasteiger partial charge in [-0.3, -0.25) is 10.1 Å². The summed E-state index contributed by atoms with van der Waals surface area (Å²) in [5, 5.41) is 6.00. The molecular weight excluding hydrogens is 362 g/mol. The van der Waals surface area contributed by atoms with Gasteiger partial charge >= 0.3 is 0 Å². The Bertz CT molecular complexity index is 848. The lowest BCUT2D eigenvalue weighted by atomic mass is 10.2. The summed E-state index contributed by atoms with van der Waals surface area (Å²) >= 11 is 5.26. The predicted molar refractivity (Wildman–Crippen MR) is 109 cm³/mol. The van der Waals surface area contributed by atoms with Crippen LogP contribution in [0.3, 0.4) is 0 Å². The number of amides is 1. The number of anilines is 2. The Kier molecular flexibility index (Phi) is 5.11. The number of rotatable bonds is 3. The Labute approximate surface area is 163 Å². The maximum Gasteiger partial charge on any atom is 0.257 e. The molecule has 7 heteroatoms. The van der Waals surface area contributed by atoms with Crippen molar-refractivity contribution < 1.29 is 14.3 Å². The molecule has 0 atom stereocenters. The van der Waals surface area contributed by atoms with E-state index in [0.29, 0.717) is 30.3 Å². The number of hydrogen-bond donors (Lipinski definition) is 2. The highest BCUT2D eigenvalue weighted by atomic mass is 32.1. The largest absolute Gasteiger partial charge is 0.486 e. The topological polar surface area (TPSA) is 62.8 Å². The third kappa shape index (κ3) is 4.14. The fourth-order valence-corrected chi connectivity index (χ4v) is 3.46. The molecule has 0 unspecified atom stereocenters. The minimum Gasteiger partial charge on any atom is -0.486 e. The van der Waals surface area contributed by atoms with Crippen LogP contribution >= 0.6 is 12.2 Å². The van der Waals surface area contributed by atoms with Gasteiger partial charge in [0.1, 0.15) is 13.2 Å². The fraction of sp³-hybridized carbons (Fsp3) is 0.300. The lowest BCUT2D eigenvalue weighted by molar-refractivity contribution is 0.0976. The van der Waals surface area contributed by atoms with Crippen LogP contribution in [0.25, 0.3) is 0 Å². The highest BCUT2D eigenvalue weighted by Crippen LogP contribution is 2.30. The molecule has 2 aromatic carbocycles. The molecule has 1 amide bonds. The molecule has 1 fully saturated rings. The van der Waals surface area contributed by atoms with Crippen LogP contribution in [0.5, 0.6) is 11.5 Å². The van der Waals surface area contributed by atoms with Crippen molar-refractivity contribution in [3.05, 3.63) is 48.0 Å². The number of nitrogens with zero attached hydrogens (tertiary/aromatic N) is 1. The summed E-state index contributed by atoms with van der Waals surface area (Å²) in [6.45, 7) is 3.21. The number of carbonyl (C=O) groups excluding carboxylic acids is 1. The molecule has 0 bridgehead atoms. The molecule has 0 aromatic heterocycles. The van der Waals surface area contributed by atoms with Gasteiger partial charge in [0.05, 0.1) is 0 Å². The van der Waals surface area contributed by atoms with E-state index in [9.17, 15) is 4.79 Å². The van der Waals surface area contributed by atoms with E-state index in [4.69, 9.17) is 21.7 Å². The highest BCUT2D eigenvalue weighted by Gasteiger charge is 2.16. The Balaban J connectivity index is 1.35. The standard InChI is InChI=1S/C20H21N3O3S/c24-19(14-3-8-17-18(13-14)26-12-11-25-17)22-20(27)21-15-4-6-16(7-5-15)23-9-1-2-10-23/h3-8,13H,1-2,9-12H2,(H2,21,22,24,27). The number of ether oxygens (including phenoxy) is 2. The average molecular weight is 383 g/mol. The van der Waals surface area contributed by atoms with Crippen molar-refractivity contribution in [2.75, 3.05) is 36.5 Å². The van der Waals surface area contributed by atoms with Gasteiger partial charge in [-0.15, -0.1) is 0 Å². The quantitative estimate of drug-likeness (QED) is 0.794. The second-order valence-electron chi connectivity index (χ2n) is 6.51. The number of benzene rings is 2. The molecule has 2 aromatic rings. The third-order valence-electron chi connectivity index (χ3n) is 4.63. The van der Waals surface area contributed by atoms with Gasteiger partial charge in [-0.2, -0.15) is 0 Å². The van der Waals surface area contributed by atoms with Gasteiger partial charge in [-0.05, 0) is 67.5 Å². The average Bonchev–Trinajstić information content (AvgIpc) is 3.23. The van der Waals surface area contributed by atoms with Crippen LogP contribution < -0.4 is 25.0 Å². The summed E-state index contributed by atoms with van der Waals surface area (Å²) < 4.78 is 11.0. The smallest absolute Gasteiger partial charge is 0.257 e. The molecule has 6 nitrogen and oxygen atoms in total. The van der Waals surface area contributed by atoms with Crippen LogP contribution in [0.15, 0.2) is 42.5 Å². The van der Waals surface area contributed by atoms with Crippen LogP contribution in [0, 0.1) is 0 Å². The van der Waals surface area contributed by atoms with Crippen molar-refractivity contribution in [3.8, 4) is 11.5 Å². The molecule has 2 N–H and O–H groups in total. The van der Waals surface area contributed by atoms with Gasteiger partial charge < -0.3 is 19.7 Å². The van der Waals surface area contributed by atoms with E-state index >= 15 is 0 Å². The lowest BCUT2D eigenvalue weighted by Gasteiger charge is -2.19. The minimum atomic E-state index is -0.293. The van der Waals surface area contributed by atoms with Gasteiger partial charge in [0.25, 0.3) is 5.91 Å². The van der Waals surface area contributed by atoms with Crippen LogP contribution in [0.2, 0.25) is 0 Å². The summed E-state index contributed by atoms with van der Waals surface area (Å²) in [5.41, 5.74) is 2.52. The second kappa shape index (κ2) is 7.84. The third-order valence-corrected chi connectivity index (χ3v) is 4.83. The molecular formula is C20H21N3O3S. The highest BCUT2D eigenvalue weighted by molar-refractivity contribution is 7.80. The predicted octanol–water partition coefficient (Wildman–Crippen LogP) is 3.18. The van der Waals surface area contributed by atoms with E-state index in [1.807, 2.05) is 12.1 Å². The zero-order valence-corrected chi connectivity index (χ0v) is 15.7. The molecule has 0 radical (unpaired) electrons.